The van der Waals surface area contributed by atoms with E-state index < -0.39 is 0 Å². The van der Waals surface area contributed by atoms with Crippen molar-refractivity contribution in [2.45, 2.75) is 26.5 Å². The topological polar surface area (TPSA) is 39.7 Å². The molecule has 0 aliphatic rings. The molecule has 0 atom stereocenters. The molecule has 4 heteroatoms. The summed E-state index contributed by atoms with van der Waals surface area (Å²) in [7, 11) is 0. The van der Waals surface area contributed by atoms with Gasteiger partial charge in [-0.15, -0.1) is 0 Å². The lowest BCUT2D eigenvalue weighted by Gasteiger charge is -2.12. The van der Waals surface area contributed by atoms with Crippen LogP contribution in [0.1, 0.15) is 19.4 Å². The van der Waals surface area contributed by atoms with E-state index in [1.807, 2.05) is 80.6 Å². The highest BCUT2D eigenvalue weighted by atomic mass is 16.5. The first kappa shape index (κ1) is 19.6. The Kier molecular flexibility index (Phi) is 7.19. The minimum atomic E-state index is 0.175. The molecule has 0 radical (unpaired) electrons. The van der Waals surface area contributed by atoms with E-state index >= 15 is 0 Å². The number of hydrogen-bond acceptors (Lipinski definition) is 4. The lowest BCUT2D eigenvalue weighted by molar-refractivity contribution is 0.217. The van der Waals surface area contributed by atoms with Crippen LogP contribution in [-0.2, 0) is 6.54 Å². The summed E-state index contributed by atoms with van der Waals surface area (Å²) in [5.41, 5.74) is 2.22. The molecule has 0 bridgehead atoms. The van der Waals surface area contributed by atoms with Crippen LogP contribution in [0.5, 0.6) is 17.2 Å². The molecular weight excluding hydrogens is 350 g/mol. The Bertz CT molecular complexity index is 832. The van der Waals surface area contributed by atoms with E-state index in [0.717, 1.165) is 29.5 Å². The molecule has 4 nitrogen and oxygen atoms in total. The van der Waals surface area contributed by atoms with E-state index in [2.05, 4.69) is 17.4 Å². The second-order valence-corrected chi connectivity index (χ2v) is 6.70. The molecule has 3 aromatic carbocycles. The van der Waals surface area contributed by atoms with Crippen molar-refractivity contribution in [3.63, 3.8) is 0 Å². The lowest BCUT2D eigenvalue weighted by atomic mass is 10.2. The van der Waals surface area contributed by atoms with E-state index in [1.54, 1.807) is 0 Å². The van der Waals surface area contributed by atoms with Crippen molar-refractivity contribution in [1.29, 1.82) is 0 Å². The monoisotopic (exact) mass is 377 g/mol. The van der Waals surface area contributed by atoms with Crippen LogP contribution >= 0.6 is 0 Å². The fourth-order valence-electron chi connectivity index (χ4n) is 2.71. The number of anilines is 1. The molecular formula is C24H27NO3. The number of benzene rings is 3. The van der Waals surface area contributed by atoms with Gasteiger partial charge in [0.1, 0.15) is 30.5 Å². The predicted octanol–water partition coefficient (Wildman–Crippen LogP) is 5.54. The minimum Gasteiger partial charge on any atom is -0.491 e. The van der Waals surface area contributed by atoms with Crippen LogP contribution < -0.4 is 19.5 Å². The first-order valence-corrected chi connectivity index (χ1v) is 9.59. The molecule has 0 aliphatic heterocycles. The average molecular weight is 377 g/mol. The maximum Gasteiger partial charge on any atom is 0.122 e. The van der Waals surface area contributed by atoms with Crippen molar-refractivity contribution in [3.8, 4) is 17.2 Å². The zero-order valence-electron chi connectivity index (χ0n) is 16.4. The van der Waals surface area contributed by atoms with Gasteiger partial charge in [0, 0.05) is 12.2 Å². The molecule has 0 aromatic heterocycles. The fraction of sp³-hybridized carbons (Fsp3) is 0.250. The smallest absolute Gasteiger partial charge is 0.122 e. The molecule has 3 aromatic rings. The summed E-state index contributed by atoms with van der Waals surface area (Å²) in [6.07, 6.45) is 0.175. The van der Waals surface area contributed by atoms with E-state index in [0.29, 0.717) is 13.2 Å². The van der Waals surface area contributed by atoms with E-state index in [4.69, 9.17) is 14.2 Å². The number of rotatable bonds is 10. The largest absolute Gasteiger partial charge is 0.491 e. The third-order valence-electron chi connectivity index (χ3n) is 3.99. The van der Waals surface area contributed by atoms with Gasteiger partial charge in [0.15, 0.2) is 0 Å². The van der Waals surface area contributed by atoms with Crippen LogP contribution in [0.2, 0.25) is 0 Å². The zero-order chi connectivity index (χ0) is 19.6. The third kappa shape index (κ3) is 6.54. The maximum absolute atomic E-state index is 5.74. The van der Waals surface area contributed by atoms with Crippen molar-refractivity contribution >= 4 is 5.69 Å². The molecule has 0 unspecified atom stereocenters. The maximum atomic E-state index is 5.74. The molecule has 0 saturated heterocycles. The molecule has 0 aliphatic carbocycles. The number of nitrogens with one attached hydrogen (secondary N) is 1. The van der Waals surface area contributed by atoms with Crippen molar-refractivity contribution in [3.05, 3.63) is 84.4 Å². The number of para-hydroxylation sites is 1. The number of hydrogen-bond donors (Lipinski definition) is 1. The van der Waals surface area contributed by atoms with Gasteiger partial charge in [-0.25, -0.2) is 0 Å². The molecule has 0 spiro atoms. The Morgan fingerprint density at radius 2 is 1.36 bits per heavy atom. The van der Waals surface area contributed by atoms with Crippen LogP contribution in [-0.4, -0.2) is 19.3 Å². The minimum absolute atomic E-state index is 0.175. The van der Waals surface area contributed by atoms with E-state index in [-0.39, 0.29) is 6.10 Å². The Morgan fingerprint density at radius 1 is 0.714 bits per heavy atom. The summed E-state index contributed by atoms with van der Waals surface area (Å²) < 4.78 is 17.1. The molecule has 146 valence electrons. The predicted molar refractivity (Wildman–Crippen MR) is 113 cm³/mol. The van der Waals surface area contributed by atoms with Crippen LogP contribution in [0.15, 0.2) is 78.9 Å². The quantitative estimate of drug-likeness (QED) is 0.471. The second kappa shape index (κ2) is 10.3. The lowest BCUT2D eigenvalue weighted by Crippen LogP contribution is -2.09. The van der Waals surface area contributed by atoms with Crippen molar-refractivity contribution in [1.82, 2.24) is 0 Å². The Hall–Kier alpha value is -3.14. The summed E-state index contributed by atoms with van der Waals surface area (Å²) in [5, 5.41) is 3.42. The summed E-state index contributed by atoms with van der Waals surface area (Å²) in [6.45, 7) is 5.81. The first-order valence-electron chi connectivity index (χ1n) is 9.59. The molecule has 0 amide bonds. The highest BCUT2D eigenvalue weighted by Crippen LogP contribution is 2.19. The Balaban J connectivity index is 1.42. The fourth-order valence-corrected chi connectivity index (χ4v) is 2.71. The molecule has 1 N–H and O–H groups in total. The van der Waals surface area contributed by atoms with Crippen molar-refractivity contribution in [2.75, 3.05) is 18.5 Å². The van der Waals surface area contributed by atoms with Gasteiger partial charge in [-0.05, 0) is 67.9 Å². The summed E-state index contributed by atoms with van der Waals surface area (Å²) >= 11 is 0. The van der Waals surface area contributed by atoms with E-state index in [1.165, 1.54) is 5.56 Å². The zero-order valence-corrected chi connectivity index (χ0v) is 16.4. The second-order valence-electron chi connectivity index (χ2n) is 6.70. The molecule has 0 fully saturated rings. The van der Waals surface area contributed by atoms with Crippen LogP contribution in [0.4, 0.5) is 5.69 Å². The molecule has 0 heterocycles. The summed E-state index contributed by atoms with van der Waals surface area (Å²) in [5.74, 6) is 2.58. The average Bonchev–Trinajstić information content (AvgIpc) is 2.71. The Labute approximate surface area is 167 Å². The molecule has 28 heavy (non-hydrogen) atoms. The van der Waals surface area contributed by atoms with Crippen LogP contribution in [0, 0.1) is 0 Å². The normalized spacial score (nSPS) is 10.5. The van der Waals surface area contributed by atoms with Gasteiger partial charge in [0.05, 0.1) is 6.10 Å². The number of ether oxygens (including phenoxy) is 3. The van der Waals surface area contributed by atoms with Gasteiger partial charge in [-0.1, -0.05) is 30.3 Å². The van der Waals surface area contributed by atoms with Gasteiger partial charge in [0.25, 0.3) is 0 Å². The van der Waals surface area contributed by atoms with Gasteiger partial charge in [0.2, 0.25) is 0 Å². The van der Waals surface area contributed by atoms with Gasteiger partial charge >= 0.3 is 0 Å². The summed E-state index contributed by atoms with van der Waals surface area (Å²) in [4.78, 5) is 0. The summed E-state index contributed by atoms with van der Waals surface area (Å²) in [6, 6.07) is 25.9. The highest BCUT2D eigenvalue weighted by Gasteiger charge is 2.01. The highest BCUT2D eigenvalue weighted by molar-refractivity contribution is 5.47. The standard InChI is InChI=1S/C24H27NO3/c1-19(2)28-24-10-6-7-20(17-24)18-25-21-11-13-23(14-12-21)27-16-15-26-22-8-4-3-5-9-22/h3-14,17,19,25H,15-16,18H2,1-2H3. The first-order chi connectivity index (χ1) is 13.7. The Morgan fingerprint density at radius 3 is 2.04 bits per heavy atom. The van der Waals surface area contributed by atoms with Gasteiger partial charge in [-0.3, -0.25) is 0 Å². The van der Waals surface area contributed by atoms with E-state index in [9.17, 15) is 0 Å². The van der Waals surface area contributed by atoms with Crippen LogP contribution in [0.3, 0.4) is 0 Å². The van der Waals surface area contributed by atoms with Crippen molar-refractivity contribution in [2.24, 2.45) is 0 Å². The van der Waals surface area contributed by atoms with Gasteiger partial charge in [-0.2, -0.15) is 0 Å². The third-order valence-corrected chi connectivity index (χ3v) is 3.99. The molecule has 0 saturated carbocycles. The SMILES string of the molecule is CC(C)Oc1cccc(CNc2ccc(OCCOc3ccccc3)cc2)c1. The van der Waals surface area contributed by atoms with Crippen molar-refractivity contribution < 1.29 is 14.2 Å². The molecule has 3 rings (SSSR count). The van der Waals surface area contributed by atoms with Crippen LogP contribution in [0.25, 0.3) is 0 Å². The van der Waals surface area contributed by atoms with Gasteiger partial charge < -0.3 is 19.5 Å².